The number of aromatic nitrogens is 2. The molecule has 1 heterocycles. The number of benzene rings is 1. The number of nitrogens with zero attached hydrogens (tertiary/aromatic N) is 2. The minimum absolute atomic E-state index is 0.105. The molecule has 0 aliphatic heterocycles. The molecule has 6 heteroatoms. The summed E-state index contributed by atoms with van der Waals surface area (Å²) in [4.78, 5) is 5.51. The van der Waals surface area contributed by atoms with Crippen molar-refractivity contribution in [2.24, 2.45) is 5.73 Å². The van der Waals surface area contributed by atoms with E-state index in [0.29, 0.717) is 0 Å². The molecule has 0 radical (unpaired) electrons. The van der Waals surface area contributed by atoms with Crippen LogP contribution in [0.2, 0.25) is 0 Å². The molecule has 0 aliphatic carbocycles. The molecule has 3 N–H and O–H groups in total. The highest BCUT2D eigenvalue weighted by molar-refractivity contribution is 8.01. The highest BCUT2D eigenvalue weighted by Crippen LogP contribution is 2.30. The van der Waals surface area contributed by atoms with E-state index >= 15 is 0 Å². The summed E-state index contributed by atoms with van der Waals surface area (Å²) >= 11 is 3.01. The summed E-state index contributed by atoms with van der Waals surface area (Å²) in [5.74, 6) is 0.993. The van der Waals surface area contributed by atoms with Gasteiger partial charge in [-0.2, -0.15) is 4.37 Å². The van der Waals surface area contributed by atoms with Gasteiger partial charge in [-0.25, -0.2) is 4.98 Å². The molecule has 0 spiro atoms. The molecule has 0 atom stereocenters. The summed E-state index contributed by atoms with van der Waals surface area (Å²) in [6.45, 7) is 4.00. The van der Waals surface area contributed by atoms with Crippen LogP contribution in [-0.4, -0.2) is 15.2 Å². The summed E-state index contributed by atoms with van der Waals surface area (Å²) in [7, 11) is 0. The standard InChI is InChI=1S/C12H14N4S2/c1-3-10-15-12(18-16-10)17-8-4-5-9(11(13)14)7(2)6-8/h4-6H,3H2,1-2H3,(H3,13,14). The van der Waals surface area contributed by atoms with Crippen molar-refractivity contribution in [2.75, 3.05) is 0 Å². The van der Waals surface area contributed by atoms with Crippen LogP contribution in [0.5, 0.6) is 0 Å². The Morgan fingerprint density at radius 3 is 2.83 bits per heavy atom. The van der Waals surface area contributed by atoms with E-state index in [2.05, 4.69) is 9.36 Å². The van der Waals surface area contributed by atoms with Gasteiger partial charge in [0.05, 0.1) is 0 Å². The van der Waals surface area contributed by atoms with Crippen LogP contribution in [0, 0.1) is 12.3 Å². The van der Waals surface area contributed by atoms with Crippen molar-refractivity contribution in [3.63, 3.8) is 0 Å². The van der Waals surface area contributed by atoms with Gasteiger partial charge in [0.1, 0.15) is 11.7 Å². The van der Waals surface area contributed by atoms with E-state index in [9.17, 15) is 0 Å². The SMILES string of the molecule is CCc1nsc(Sc2ccc(C(=N)N)c(C)c2)n1. The number of aryl methyl sites for hydroxylation is 2. The first-order valence-corrected chi connectivity index (χ1v) is 7.14. The highest BCUT2D eigenvalue weighted by atomic mass is 32.2. The van der Waals surface area contributed by atoms with Crippen molar-refractivity contribution in [3.05, 3.63) is 35.2 Å². The third-order valence-electron chi connectivity index (χ3n) is 2.46. The van der Waals surface area contributed by atoms with Crippen LogP contribution in [0.25, 0.3) is 0 Å². The molecule has 0 saturated heterocycles. The minimum atomic E-state index is 0.105. The number of nitrogens with two attached hydrogens (primary N) is 1. The van der Waals surface area contributed by atoms with Crippen molar-refractivity contribution in [3.8, 4) is 0 Å². The van der Waals surface area contributed by atoms with Crippen LogP contribution in [-0.2, 0) is 6.42 Å². The van der Waals surface area contributed by atoms with Gasteiger partial charge in [0.15, 0.2) is 4.34 Å². The zero-order chi connectivity index (χ0) is 13.1. The number of rotatable bonds is 4. The van der Waals surface area contributed by atoms with Gasteiger partial charge in [-0.05, 0) is 42.2 Å². The van der Waals surface area contributed by atoms with E-state index in [4.69, 9.17) is 11.1 Å². The molecule has 0 saturated carbocycles. The van der Waals surface area contributed by atoms with Crippen LogP contribution in [0.1, 0.15) is 23.9 Å². The monoisotopic (exact) mass is 278 g/mol. The molecule has 1 aromatic carbocycles. The lowest BCUT2D eigenvalue weighted by atomic mass is 10.1. The molecule has 0 amide bonds. The topological polar surface area (TPSA) is 75.7 Å². The second-order valence-electron chi connectivity index (χ2n) is 3.82. The summed E-state index contributed by atoms with van der Waals surface area (Å²) < 4.78 is 5.20. The fourth-order valence-electron chi connectivity index (χ4n) is 1.53. The van der Waals surface area contributed by atoms with E-state index in [0.717, 1.165) is 32.6 Å². The largest absolute Gasteiger partial charge is 0.384 e. The average molecular weight is 278 g/mol. The Morgan fingerprint density at radius 2 is 2.28 bits per heavy atom. The molecule has 2 rings (SSSR count). The molecule has 1 aromatic heterocycles. The Kier molecular flexibility index (Phi) is 3.98. The Hall–Kier alpha value is -1.40. The molecule has 0 fully saturated rings. The summed E-state index contributed by atoms with van der Waals surface area (Å²) in [6.07, 6.45) is 0.860. The van der Waals surface area contributed by atoms with Crippen molar-refractivity contribution >= 4 is 29.1 Å². The Bertz CT molecular complexity index is 577. The zero-order valence-corrected chi connectivity index (χ0v) is 11.9. The second-order valence-corrected chi connectivity index (χ2v) is 5.90. The van der Waals surface area contributed by atoms with Crippen LogP contribution < -0.4 is 5.73 Å². The molecule has 18 heavy (non-hydrogen) atoms. The van der Waals surface area contributed by atoms with Crippen molar-refractivity contribution in [1.82, 2.24) is 9.36 Å². The molecular weight excluding hydrogens is 264 g/mol. The van der Waals surface area contributed by atoms with E-state index in [-0.39, 0.29) is 5.84 Å². The third-order valence-corrected chi connectivity index (χ3v) is 4.24. The maximum Gasteiger partial charge on any atom is 0.174 e. The Labute approximate surface area is 114 Å². The van der Waals surface area contributed by atoms with Gasteiger partial charge in [0.2, 0.25) is 0 Å². The quantitative estimate of drug-likeness (QED) is 0.666. The number of hydrogen-bond donors (Lipinski definition) is 2. The molecule has 4 nitrogen and oxygen atoms in total. The predicted molar refractivity (Wildman–Crippen MR) is 75.6 cm³/mol. The van der Waals surface area contributed by atoms with Crippen LogP contribution in [0.15, 0.2) is 27.4 Å². The maximum atomic E-state index is 7.45. The zero-order valence-electron chi connectivity index (χ0n) is 10.2. The fraction of sp³-hybridized carbons (Fsp3) is 0.250. The summed E-state index contributed by atoms with van der Waals surface area (Å²) in [5.41, 5.74) is 7.29. The first kappa shape index (κ1) is 13.0. The van der Waals surface area contributed by atoms with Gasteiger partial charge in [0, 0.05) is 16.9 Å². The molecule has 94 valence electrons. The predicted octanol–water partition coefficient (Wildman–Crippen LogP) is 2.84. The van der Waals surface area contributed by atoms with Crippen molar-refractivity contribution < 1.29 is 0 Å². The Morgan fingerprint density at radius 1 is 1.50 bits per heavy atom. The normalized spacial score (nSPS) is 10.6. The van der Waals surface area contributed by atoms with Gasteiger partial charge in [-0.1, -0.05) is 18.7 Å². The van der Waals surface area contributed by atoms with Gasteiger partial charge < -0.3 is 5.73 Å². The molecular formula is C12H14N4S2. The lowest BCUT2D eigenvalue weighted by molar-refractivity contribution is 0.971. The van der Waals surface area contributed by atoms with Crippen LogP contribution in [0.3, 0.4) is 0 Å². The lowest BCUT2D eigenvalue weighted by Gasteiger charge is -2.05. The summed E-state index contributed by atoms with van der Waals surface area (Å²) in [6, 6.07) is 5.86. The van der Waals surface area contributed by atoms with Crippen molar-refractivity contribution in [1.29, 1.82) is 5.41 Å². The van der Waals surface area contributed by atoms with Gasteiger partial charge in [0.25, 0.3) is 0 Å². The molecule has 0 unspecified atom stereocenters. The van der Waals surface area contributed by atoms with Gasteiger partial charge in [-0.15, -0.1) is 0 Å². The smallest absolute Gasteiger partial charge is 0.174 e. The maximum absolute atomic E-state index is 7.45. The van der Waals surface area contributed by atoms with E-state index in [1.165, 1.54) is 11.5 Å². The van der Waals surface area contributed by atoms with Crippen LogP contribution >= 0.6 is 23.3 Å². The minimum Gasteiger partial charge on any atom is -0.384 e. The van der Waals surface area contributed by atoms with Gasteiger partial charge in [-0.3, -0.25) is 5.41 Å². The number of amidine groups is 1. The number of hydrogen-bond acceptors (Lipinski definition) is 5. The third kappa shape index (κ3) is 2.88. The second kappa shape index (κ2) is 5.49. The van der Waals surface area contributed by atoms with E-state index in [1.54, 1.807) is 11.8 Å². The molecule has 2 aromatic rings. The first-order valence-electron chi connectivity index (χ1n) is 5.55. The van der Waals surface area contributed by atoms with Crippen molar-refractivity contribution in [2.45, 2.75) is 29.5 Å². The number of nitrogens with one attached hydrogen (secondary N) is 1. The lowest BCUT2D eigenvalue weighted by Crippen LogP contribution is -2.12. The summed E-state index contributed by atoms with van der Waals surface area (Å²) in [5, 5.41) is 7.45. The first-order chi connectivity index (χ1) is 8.60. The number of nitrogen functional groups attached to an aromatic ring is 1. The molecule has 0 aliphatic rings. The Balaban J connectivity index is 2.19. The van der Waals surface area contributed by atoms with E-state index in [1.807, 2.05) is 32.0 Å². The van der Waals surface area contributed by atoms with Crippen LogP contribution in [0.4, 0.5) is 0 Å². The fourth-order valence-corrected chi connectivity index (χ4v) is 3.30. The molecule has 0 bridgehead atoms. The average Bonchev–Trinajstić information content (AvgIpc) is 2.76. The highest BCUT2D eigenvalue weighted by Gasteiger charge is 2.07. The van der Waals surface area contributed by atoms with E-state index < -0.39 is 0 Å². The van der Waals surface area contributed by atoms with Gasteiger partial charge >= 0.3 is 0 Å².